The number of H-pyrrole nitrogens is 1. The summed E-state index contributed by atoms with van der Waals surface area (Å²) in [4.78, 5) is 12.5. The molecule has 0 amide bonds. The third kappa shape index (κ3) is 3.13. The summed E-state index contributed by atoms with van der Waals surface area (Å²) in [5, 5.41) is 11.1. The number of aromatic nitrogens is 2. The first-order valence-corrected chi connectivity index (χ1v) is 8.81. The average Bonchev–Trinajstić information content (AvgIpc) is 3.04. The van der Waals surface area contributed by atoms with Gasteiger partial charge in [-0.25, -0.2) is 4.98 Å². The van der Waals surface area contributed by atoms with Gasteiger partial charge in [-0.3, -0.25) is 4.90 Å². The van der Waals surface area contributed by atoms with E-state index in [1.54, 1.807) is 0 Å². The van der Waals surface area contributed by atoms with Crippen molar-refractivity contribution in [1.82, 2.24) is 14.9 Å². The first-order chi connectivity index (χ1) is 12.3. The molecule has 0 fully saturated rings. The molecule has 3 aromatic rings. The van der Waals surface area contributed by atoms with Gasteiger partial charge >= 0.3 is 0 Å². The molecule has 0 saturated carbocycles. The van der Waals surface area contributed by atoms with Crippen LogP contribution in [0.3, 0.4) is 0 Å². The SMILES string of the molecule is CN1c2ncccc2CN(Cc2c[nH]c3ccccc23)CCC1CO. The van der Waals surface area contributed by atoms with Crippen LogP contribution in [-0.2, 0) is 13.1 Å². The van der Waals surface area contributed by atoms with Crippen LogP contribution in [0.25, 0.3) is 10.9 Å². The van der Waals surface area contributed by atoms with Crippen molar-refractivity contribution in [2.75, 3.05) is 25.1 Å². The summed E-state index contributed by atoms with van der Waals surface area (Å²) in [5.41, 5.74) is 3.71. The maximum absolute atomic E-state index is 9.80. The number of para-hydroxylation sites is 1. The van der Waals surface area contributed by atoms with Gasteiger partial charge in [-0.15, -0.1) is 0 Å². The maximum atomic E-state index is 9.80. The lowest BCUT2D eigenvalue weighted by Gasteiger charge is -2.35. The summed E-state index contributed by atoms with van der Waals surface area (Å²) in [7, 11) is 2.03. The molecule has 5 nitrogen and oxygen atoms in total. The molecule has 5 heteroatoms. The molecule has 0 bridgehead atoms. The number of rotatable bonds is 3. The molecule has 1 unspecified atom stereocenters. The van der Waals surface area contributed by atoms with Gasteiger partial charge < -0.3 is 15.0 Å². The lowest BCUT2D eigenvalue weighted by atomic mass is 10.1. The minimum Gasteiger partial charge on any atom is -0.394 e. The van der Waals surface area contributed by atoms with Gasteiger partial charge in [0.2, 0.25) is 0 Å². The van der Waals surface area contributed by atoms with Crippen LogP contribution < -0.4 is 4.90 Å². The summed E-state index contributed by atoms with van der Waals surface area (Å²) in [6.45, 7) is 2.85. The Morgan fingerprint density at radius 2 is 2.12 bits per heavy atom. The normalized spacial score (nSPS) is 18.8. The van der Waals surface area contributed by atoms with Crippen LogP contribution in [0.2, 0.25) is 0 Å². The summed E-state index contributed by atoms with van der Waals surface area (Å²) in [6.07, 6.45) is 4.87. The quantitative estimate of drug-likeness (QED) is 0.772. The van der Waals surface area contributed by atoms with E-state index in [9.17, 15) is 5.11 Å². The minimum absolute atomic E-state index is 0.0967. The molecule has 3 heterocycles. The van der Waals surface area contributed by atoms with Crippen molar-refractivity contribution in [3.8, 4) is 0 Å². The topological polar surface area (TPSA) is 55.4 Å². The van der Waals surface area contributed by atoms with Crippen molar-refractivity contribution < 1.29 is 5.11 Å². The van der Waals surface area contributed by atoms with Gasteiger partial charge in [-0.2, -0.15) is 0 Å². The van der Waals surface area contributed by atoms with E-state index in [0.29, 0.717) is 0 Å². The standard InChI is InChI=1S/C20H24N4O/c1-23-17(14-25)8-10-24(12-15-5-4-9-21-20(15)23)13-16-11-22-19-7-3-2-6-18(16)19/h2-7,9,11,17,22,25H,8,10,12-14H2,1H3. The number of likely N-dealkylation sites (N-methyl/N-ethyl adjacent to an activating group) is 1. The molecule has 25 heavy (non-hydrogen) atoms. The minimum atomic E-state index is 0.0967. The predicted molar refractivity (Wildman–Crippen MR) is 101 cm³/mol. The van der Waals surface area contributed by atoms with Crippen LogP contribution in [0.1, 0.15) is 17.5 Å². The van der Waals surface area contributed by atoms with Gasteiger partial charge in [0.25, 0.3) is 0 Å². The second-order valence-corrected chi connectivity index (χ2v) is 6.79. The lowest BCUT2D eigenvalue weighted by molar-refractivity contribution is 0.206. The Balaban J connectivity index is 1.63. The second-order valence-electron chi connectivity index (χ2n) is 6.79. The van der Waals surface area contributed by atoms with Gasteiger partial charge in [0.15, 0.2) is 0 Å². The van der Waals surface area contributed by atoms with Crippen LogP contribution in [0.15, 0.2) is 48.8 Å². The number of aliphatic hydroxyl groups is 1. The molecule has 1 aromatic carbocycles. The van der Waals surface area contributed by atoms with Crippen molar-refractivity contribution in [2.45, 2.75) is 25.6 Å². The van der Waals surface area contributed by atoms with Gasteiger partial charge in [0.05, 0.1) is 12.6 Å². The maximum Gasteiger partial charge on any atom is 0.133 e. The van der Waals surface area contributed by atoms with Crippen LogP contribution in [0, 0.1) is 0 Å². The van der Waals surface area contributed by atoms with E-state index >= 15 is 0 Å². The van der Waals surface area contributed by atoms with Gasteiger partial charge in [-0.1, -0.05) is 24.3 Å². The number of hydrogen-bond donors (Lipinski definition) is 2. The lowest BCUT2D eigenvalue weighted by Crippen LogP contribution is -2.41. The second kappa shape index (κ2) is 6.86. The highest BCUT2D eigenvalue weighted by atomic mass is 16.3. The summed E-state index contributed by atoms with van der Waals surface area (Å²) < 4.78 is 0. The van der Waals surface area contributed by atoms with Crippen LogP contribution in [-0.4, -0.2) is 46.2 Å². The predicted octanol–water partition coefficient (Wildman–Crippen LogP) is 2.77. The molecule has 1 atom stereocenters. The Hall–Kier alpha value is -2.37. The van der Waals surface area contributed by atoms with E-state index in [2.05, 4.69) is 56.3 Å². The van der Waals surface area contributed by atoms with Crippen LogP contribution >= 0.6 is 0 Å². The average molecular weight is 336 g/mol. The fourth-order valence-electron chi connectivity index (χ4n) is 3.74. The summed E-state index contributed by atoms with van der Waals surface area (Å²) >= 11 is 0. The van der Waals surface area contributed by atoms with Crippen molar-refractivity contribution in [2.24, 2.45) is 0 Å². The fraction of sp³-hybridized carbons (Fsp3) is 0.350. The molecule has 2 aromatic heterocycles. The highest BCUT2D eigenvalue weighted by Crippen LogP contribution is 2.26. The highest BCUT2D eigenvalue weighted by molar-refractivity contribution is 5.82. The molecule has 0 saturated heterocycles. The molecule has 0 spiro atoms. The first kappa shape index (κ1) is 16.1. The first-order valence-electron chi connectivity index (χ1n) is 8.81. The Labute approximate surface area is 147 Å². The number of pyridine rings is 1. The number of aliphatic hydroxyl groups excluding tert-OH is 1. The van der Waals surface area contributed by atoms with Crippen LogP contribution in [0.4, 0.5) is 5.82 Å². The number of aromatic amines is 1. The van der Waals surface area contributed by atoms with E-state index < -0.39 is 0 Å². The molecule has 1 aliphatic heterocycles. The number of hydrogen-bond acceptors (Lipinski definition) is 4. The number of fused-ring (bicyclic) bond motifs is 2. The third-order valence-corrected chi connectivity index (χ3v) is 5.20. The zero-order valence-corrected chi connectivity index (χ0v) is 14.5. The largest absolute Gasteiger partial charge is 0.394 e. The molecule has 130 valence electrons. The Kier molecular flexibility index (Phi) is 4.42. The van der Waals surface area contributed by atoms with Gasteiger partial charge in [-0.05, 0) is 24.1 Å². The van der Waals surface area contributed by atoms with Crippen molar-refractivity contribution in [3.63, 3.8) is 0 Å². The zero-order valence-electron chi connectivity index (χ0n) is 14.5. The number of nitrogens with one attached hydrogen (secondary N) is 1. The summed E-state index contributed by atoms with van der Waals surface area (Å²) in [5.74, 6) is 0.977. The Morgan fingerprint density at radius 1 is 1.24 bits per heavy atom. The number of anilines is 1. The van der Waals surface area contributed by atoms with E-state index in [4.69, 9.17) is 0 Å². The molecule has 0 radical (unpaired) electrons. The molecule has 4 rings (SSSR count). The molecular formula is C20H24N4O. The highest BCUT2D eigenvalue weighted by Gasteiger charge is 2.23. The van der Waals surface area contributed by atoms with E-state index in [0.717, 1.165) is 31.9 Å². The number of nitrogens with zero attached hydrogens (tertiary/aromatic N) is 3. The van der Waals surface area contributed by atoms with Crippen LogP contribution in [0.5, 0.6) is 0 Å². The Bertz CT molecular complexity index is 860. The molecule has 2 N–H and O–H groups in total. The Morgan fingerprint density at radius 3 is 3.00 bits per heavy atom. The van der Waals surface area contributed by atoms with Crippen molar-refractivity contribution in [3.05, 3.63) is 59.9 Å². The summed E-state index contributed by atoms with van der Waals surface area (Å²) in [6, 6.07) is 12.7. The molecule has 0 aliphatic carbocycles. The molecular weight excluding hydrogens is 312 g/mol. The van der Waals surface area contributed by atoms with E-state index in [1.807, 2.05) is 19.3 Å². The monoisotopic (exact) mass is 336 g/mol. The van der Waals surface area contributed by atoms with Gasteiger partial charge in [0, 0.05) is 55.5 Å². The molecule has 1 aliphatic rings. The third-order valence-electron chi connectivity index (χ3n) is 5.20. The van der Waals surface area contributed by atoms with E-state index in [1.165, 1.54) is 22.0 Å². The van der Waals surface area contributed by atoms with Crippen molar-refractivity contribution >= 4 is 16.7 Å². The van der Waals surface area contributed by atoms with Crippen molar-refractivity contribution in [1.29, 1.82) is 0 Å². The van der Waals surface area contributed by atoms with E-state index in [-0.39, 0.29) is 12.6 Å². The smallest absolute Gasteiger partial charge is 0.133 e. The number of benzene rings is 1. The fourth-order valence-corrected chi connectivity index (χ4v) is 3.74. The zero-order chi connectivity index (χ0) is 17.2. The van der Waals surface area contributed by atoms with Gasteiger partial charge in [0.1, 0.15) is 5.82 Å².